The van der Waals surface area contributed by atoms with Crippen molar-refractivity contribution in [3.8, 4) is 0 Å². The molecule has 0 radical (unpaired) electrons. The average molecular weight is 535 g/mol. The Morgan fingerprint density at radius 2 is 1.89 bits per heavy atom. The van der Waals surface area contributed by atoms with Gasteiger partial charge in [-0.2, -0.15) is 0 Å². The Morgan fingerprint density at radius 1 is 1.14 bits per heavy atom. The van der Waals surface area contributed by atoms with Gasteiger partial charge >= 0.3 is 5.63 Å². The first-order valence-electron chi connectivity index (χ1n) is 11.0. The molecule has 4 rings (SSSR count). The highest BCUT2D eigenvalue weighted by atomic mass is 35.5. The first-order valence-corrected chi connectivity index (χ1v) is 12.6. The molecule has 2 aromatic heterocycles. The second-order valence-corrected chi connectivity index (χ2v) is 10.2. The van der Waals surface area contributed by atoms with Gasteiger partial charge in [0.1, 0.15) is 15.6 Å². The van der Waals surface area contributed by atoms with Crippen molar-refractivity contribution < 1.29 is 14.0 Å². The zero-order chi connectivity index (χ0) is 25.1. The van der Waals surface area contributed by atoms with E-state index in [-0.39, 0.29) is 11.8 Å². The molecule has 0 saturated carbocycles. The lowest BCUT2D eigenvalue weighted by Crippen LogP contribution is -2.48. The number of benzene rings is 1. The number of hydrogen-bond donors (Lipinski definition) is 1. The molecule has 1 saturated heterocycles. The summed E-state index contributed by atoms with van der Waals surface area (Å²) in [6, 6.07) is 6.50. The molecular formula is C24H24Cl2N4O4S. The van der Waals surface area contributed by atoms with Crippen LogP contribution in [-0.2, 0) is 13.1 Å². The lowest BCUT2D eigenvalue weighted by molar-refractivity contribution is 0.0623. The minimum atomic E-state index is -0.452. The summed E-state index contributed by atoms with van der Waals surface area (Å²) in [5, 5.41) is 4.73. The molecule has 2 amide bonds. The van der Waals surface area contributed by atoms with Crippen molar-refractivity contribution in [3.63, 3.8) is 0 Å². The smallest absolute Gasteiger partial charge is 0.336 e. The quantitative estimate of drug-likeness (QED) is 0.515. The number of rotatable bonds is 6. The average Bonchev–Trinajstić information content (AvgIpc) is 3.26. The SMILES string of the molecule is Cc1cc(=O)oc(C)c1C(=O)N1CCN(Cc2ncc(C(=O)NCc3ccc(Cl)cc3Cl)s2)CC1. The van der Waals surface area contributed by atoms with Gasteiger partial charge < -0.3 is 14.6 Å². The fraction of sp³-hybridized carbons (Fsp3) is 0.333. The van der Waals surface area contributed by atoms with Gasteiger partial charge in [0.25, 0.3) is 11.8 Å². The highest BCUT2D eigenvalue weighted by Gasteiger charge is 2.26. The second kappa shape index (κ2) is 10.9. The number of nitrogens with zero attached hydrogens (tertiary/aromatic N) is 3. The molecule has 0 atom stereocenters. The van der Waals surface area contributed by atoms with Crippen LogP contribution in [0.15, 0.2) is 39.7 Å². The van der Waals surface area contributed by atoms with Gasteiger partial charge in [0.15, 0.2) is 0 Å². The van der Waals surface area contributed by atoms with Gasteiger partial charge in [-0.3, -0.25) is 14.5 Å². The minimum absolute atomic E-state index is 0.127. The van der Waals surface area contributed by atoms with Crippen LogP contribution in [-0.4, -0.2) is 52.8 Å². The van der Waals surface area contributed by atoms with E-state index >= 15 is 0 Å². The Hall–Kier alpha value is -2.72. The number of carbonyl (C=O) groups is 2. The van der Waals surface area contributed by atoms with Crippen molar-refractivity contribution in [2.45, 2.75) is 26.9 Å². The third-order valence-electron chi connectivity index (χ3n) is 5.80. The van der Waals surface area contributed by atoms with Crippen molar-refractivity contribution in [2.24, 2.45) is 0 Å². The van der Waals surface area contributed by atoms with E-state index in [0.29, 0.717) is 71.1 Å². The lowest BCUT2D eigenvalue weighted by atomic mass is 10.1. The molecule has 3 aromatic rings. The van der Waals surface area contributed by atoms with E-state index in [1.165, 1.54) is 17.4 Å². The number of hydrogen-bond acceptors (Lipinski definition) is 7. The Bertz CT molecular complexity index is 1290. The van der Waals surface area contributed by atoms with Gasteiger partial charge in [-0.25, -0.2) is 9.78 Å². The second-order valence-electron chi connectivity index (χ2n) is 8.28. The summed E-state index contributed by atoms with van der Waals surface area (Å²) in [6.45, 7) is 6.73. The Kier molecular flexibility index (Phi) is 7.91. The Balaban J connectivity index is 1.29. The minimum Gasteiger partial charge on any atom is -0.427 e. The molecule has 1 aromatic carbocycles. The maximum Gasteiger partial charge on any atom is 0.336 e. The molecule has 0 aliphatic carbocycles. The van der Waals surface area contributed by atoms with Crippen molar-refractivity contribution in [3.05, 3.63) is 83.3 Å². The van der Waals surface area contributed by atoms with Crippen LogP contribution in [0.5, 0.6) is 0 Å². The summed E-state index contributed by atoms with van der Waals surface area (Å²) in [7, 11) is 0. The molecule has 35 heavy (non-hydrogen) atoms. The fourth-order valence-electron chi connectivity index (χ4n) is 3.95. The molecule has 8 nitrogen and oxygen atoms in total. The number of nitrogens with one attached hydrogen (secondary N) is 1. The van der Waals surface area contributed by atoms with Crippen LogP contribution < -0.4 is 10.9 Å². The highest BCUT2D eigenvalue weighted by Crippen LogP contribution is 2.22. The standard InChI is InChI=1S/C24H24Cl2N4O4S/c1-14-9-21(31)34-15(2)22(14)24(33)30-7-5-29(6-8-30)13-20-27-12-19(35-20)23(32)28-11-16-3-4-17(25)10-18(16)26/h3-4,9-10,12H,5-8,11,13H2,1-2H3,(H,28,32). The van der Waals surface area contributed by atoms with Gasteiger partial charge in [-0.15, -0.1) is 11.3 Å². The van der Waals surface area contributed by atoms with Crippen LogP contribution in [0, 0.1) is 13.8 Å². The zero-order valence-corrected chi connectivity index (χ0v) is 21.6. The zero-order valence-electron chi connectivity index (χ0n) is 19.3. The summed E-state index contributed by atoms with van der Waals surface area (Å²) in [5.74, 6) is 0.00202. The lowest BCUT2D eigenvalue weighted by Gasteiger charge is -2.34. The molecule has 184 valence electrons. The topological polar surface area (TPSA) is 95.8 Å². The number of amides is 2. The predicted octanol–water partition coefficient (Wildman–Crippen LogP) is 3.91. The fourth-order valence-corrected chi connectivity index (χ4v) is 5.30. The van der Waals surface area contributed by atoms with Gasteiger partial charge in [0, 0.05) is 48.8 Å². The number of piperazine rings is 1. The first-order chi connectivity index (χ1) is 16.7. The van der Waals surface area contributed by atoms with Gasteiger partial charge in [-0.05, 0) is 37.1 Å². The van der Waals surface area contributed by atoms with Gasteiger partial charge in [-0.1, -0.05) is 29.3 Å². The molecule has 1 N–H and O–H groups in total. The molecule has 0 spiro atoms. The molecule has 1 fully saturated rings. The summed E-state index contributed by atoms with van der Waals surface area (Å²) in [6.07, 6.45) is 1.58. The van der Waals surface area contributed by atoms with E-state index in [1.807, 2.05) is 0 Å². The summed E-state index contributed by atoms with van der Waals surface area (Å²) in [4.78, 5) is 45.9. The maximum atomic E-state index is 13.0. The number of thiazole rings is 1. The van der Waals surface area contributed by atoms with Crippen LogP contribution in [0.2, 0.25) is 10.0 Å². The highest BCUT2D eigenvalue weighted by molar-refractivity contribution is 7.13. The van der Waals surface area contributed by atoms with Crippen molar-refractivity contribution in [1.29, 1.82) is 0 Å². The molecule has 1 aliphatic rings. The molecular weight excluding hydrogens is 511 g/mol. The van der Waals surface area contributed by atoms with E-state index in [1.54, 1.807) is 43.1 Å². The summed E-state index contributed by atoms with van der Waals surface area (Å²) >= 11 is 13.4. The van der Waals surface area contributed by atoms with Crippen molar-refractivity contribution >= 4 is 46.4 Å². The first kappa shape index (κ1) is 25.4. The maximum absolute atomic E-state index is 13.0. The van der Waals surface area contributed by atoms with Gasteiger partial charge in [0.05, 0.1) is 18.3 Å². The largest absolute Gasteiger partial charge is 0.427 e. The van der Waals surface area contributed by atoms with Crippen LogP contribution in [0.25, 0.3) is 0 Å². The number of carbonyl (C=O) groups excluding carboxylic acids is 2. The van der Waals surface area contributed by atoms with Crippen LogP contribution >= 0.6 is 34.5 Å². The van der Waals surface area contributed by atoms with E-state index in [2.05, 4.69) is 15.2 Å². The van der Waals surface area contributed by atoms with Crippen LogP contribution in [0.1, 0.15) is 41.9 Å². The summed E-state index contributed by atoms with van der Waals surface area (Å²) < 4.78 is 5.11. The van der Waals surface area contributed by atoms with E-state index in [9.17, 15) is 14.4 Å². The number of aryl methyl sites for hydroxylation is 2. The van der Waals surface area contributed by atoms with E-state index in [0.717, 1.165) is 10.6 Å². The molecule has 0 unspecified atom stereocenters. The number of halogens is 2. The van der Waals surface area contributed by atoms with E-state index < -0.39 is 5.63 Å². The monoisotopic (exact) mass is 534 g/mol. The Labute approximate surface area is 216 Å². The third-order valence-corrected chi connectivity index (χ3v) is 7.37. The van der Waals surface area contributed by atoms with E-state index in [4.69, 9.17) is 27.6 Å². The number of aromatic nitrogens is 1. The van der Waals surface area contributed by atoms with Gasteiger partial charge in [0.2, 0.25) is 0 Å². The summed E-state index contributed by atoms with van der Waals surface area (Å²) in [5.41, 5.74) is 1.41. The van der Waals surface area contributed by atoms with Crippen molar-refractivity contribution in [1.82, 2.24) is 20.1 Å². The molecule has 1 aliphatic heterocycles. The molecule has 0 bridgehead atoms. The normalized spacial score (nSPS) is 14.2. The third kappa shape index (κ3) is 6.10. The van der Waals surface area contributed by atoms with Crippen molar-refractivity contribution in [2.75, 3.05) is 26.2 Å². The predicted molar refractivity (Wildman–Crippen MR) is 135 cm³/mol. The van der Waals surface area contributed by atoms with Crippen LogP contribution in [0.4, 0.5) is 0 Å². The molecule has 11 heteroatoms. The molecule has 3 heterocycles. The Morgan fingerprint density at radius 3 is 2.57 bits per heavy atom. The van der Waals surface area contributed by atoms with Crippen LogP contribution in [0.3, 0.4) is 0 Å².